The van der Waals surface area contributed by atoms with Gasteiger partial charge in [0.15, 0.2) is 5.78 Å². The average Bonchev–Trinajstić information content (AvgIpc) is 2.76. The molecule has 0 atom stereocenters. The zero-order chi connectivity index (χ0) is 15.0. The van der Waals surface area contributed by atoms with Gasteiger partial charge in [-0.15, -0.1) is 0 Å². The van der Waals surface area contributed by atoms with E-state index in [-0.39, 0.29) is 18.1 Å². The number of aryl methyl sites for hydroxylation is 1. The topological polar surface area (TPSA) is 55.1 Å². The third kappa shape index (κ3) is 2.29. The smallest absolute Gasteiger partial charge is 0.186 e. The van der Waals surface area contributed by atoms with E-state index in [9.17, 15) is 9.90 Å². The standard InChI is InChI=1S/C17H16N2O2/c1-11-12(2)18-17-13(11)7-5-9-19(17)10-16(21)14-6-3-4-8-15(14)20/h3-9,20H,10H2,1-2H3. The van der Waals surface area contributed by atoms with Gasteiger partial charge in [-0.25, -0.2) is 4.98 Å². The van der Waals surface area contributed by atoms with Gasteiger partial charge in [0.2, 0.25) is 0 Å². The number of aromatic hydroxyl groups is 1. The molecule has 4 nitrogen and oxygen atoms in total. The van der Waals surface area contributed by atoms with E-state index in [1.54, 1.807) is 18.2 Å². The molecule has 0 fully saturated rings. The molecule has 1 aromatic carbocycles. The van der Waals surface area contributed by atoms with Gasteiger partial charge in [0.25, 0.3) is 0 Å². The van der Waals surface area contributed by atoms with E-state index in [4.69, 9.17) is 0 Å². The van der Waals surface area contributed by atoms with Crippen molar-refractivity contribution in [1.29, 1.82) is 0 Å². The van der Waals surface area contributed by atoms with Crippen LogP contribution in [0.3, 0.4) is 0 Å². The van der Waals surface area contributed by atoms with Crippen LogP contribution in [0.15, 0.2) is 42.6 Å². The number of carbonyl (C=O) groups excluding carboxylic acids is 1. The minimum atomic E-state index is -0.135. The summed E-state index contributed by atoms with van der Waals surface area (Å²) < 4.78 is 1.82. The predicted molar refractivity (Wildman–Crippen MR) is 80.8 cm³/mol. The number of fused-ring (bicyclic) bond motifs is 1. The molecule has 2 heterocycles. The minimum absolute atomic E-state index is 0.0121. The van der Waals surface area contributed by atoms with E-state index >= 15 is 0 Å². The van der Waals surface area contributed by atoms with Crippen LogP contribution in [0.2, 0.25) is 0 Å². The summed E-state index contributed by atoms with van der Waals surface area (Å²) >= 11 is 0. The molecule has 1 aromatic rings. The van der Waals surface area contributed by atoms with Crippen LogP contribution in [0, 0.1) is 13.8 Å². The maximum atomic E-state index is 12.4. The summed E-state index contributed by atoms with van der Waals surface area (Å²) in [5.41, 5.74) is 3.50. The summed E-state index contributed by atoms with van der Waals surface area (Å²) in [5, 5.41) is 9.77. The van der Waals surface area contributed by atoms with Crippen molar-refractivity contribution in [3.05, 3.63) is 59.4 Å². The monoisotopic (exact) mass is 280 g/mol. The van der Waals surface area contributed by atoms with Crippen molar-refractivity contribution in [2.75, 3.05) is 0 Å². The maximum absolute atomic E-state index is 12.4. The number of hydrogen-bond donors (Lipinski definition) is 1. The Morgan fingerprint density at radius 1 is 1.19 bits per heavy atom. The molecule has 3 rings (SSSR count). The number of carbonyl (C=O) groups is 1. The van der Waals surface area contributed by atoms with E-state index in [1.807, 2.05) is 36.7 Å². The molecule has 0 bridgehead atoms. The molecule has 0 aliphatic carbocycles. The van der Waals surface area contributed by atoms with Gasteiger partial charge in [0.05, 0.1) is 12.1 Å². The molecule has 1 N–H and O–H groups in total. The van der Waals surface area contributed by atoms with Crippen molar-refractivity contribution in [2.45, 2.75) is 20.4 Å². The SMILES string of the molecule is Cc1nc2n(CC(=O)c3ccccc3O)cccc-2c1C. The van der Waals surface area contributed by atoms with Crippen molar-refractivity contribution in [2.24, 2.45) is 0 Å². The van der Waals surface area contributed by atoms with Crippen LogP contribution in [0.5, 0.6) is 5.75 Å². The number of ketones is 1. The highest BCUT2D eigenvalue weighted by Gasteiger charge is 2.17. The maximum Gasteiger partial charge on any atom is 0.186 e. The molecule has 2 aliphatic rings. The Labute approximate surface area is 123 Å². The fourth-order valence-electron chi connectivity index (χ4n) is 2.47. The van der Waals surface area contributed by atoms with Crippen LogP contribution in [0.1, 0.15) is 21.6 Å². The fraction of sp³-hybridized carbons (Fsp3) is 0.176. The number of phenolic OH excluding ortho intramolecular Hbond substituents is 1. The largest absolute Gasteiger partial charge is 0.507 e. The third-order valence-corrected chi connectivity index (χ3v) is 3.78. The van der Waals surface area contributed by atoms with E-state index in [2.05, 4.69) is 4.98 Å². The van der Waals surface area contributed by atoms with Gasteiger partial charge < -0.3 is 9.67 Å². The lowest BCUT2D eigenvalue weighted by atomic mass is 10.1. The first-order valence-electron chi connectivity index (χ1n) is 6.81. The number of para-hydroxylation sites is 1. The van der Waals surface area contributed by atoms with Gasteiger partial charge in [-0.1, -0.05) is 12.1 Å². The van der Waals surface area contributed by atoms with Crippen molar-refractivity contribution in [3.63, 3.8) is 0 Å². The first-order valence-corrected chi connectivity index (χ1v) is 6.81. The highest BCUT2D eigenvalue weighted by molar-refractivity contribution is 5.98. The second-order valence-corrected chi connectivity index (χ2v) is 5.14. The van der Waals surface area contributed by atoms with E-state index in [0.29, 0.717) is 5.56 Å². The highest BCUT2D eigenvalue weighted by Crippen LogP contribution is 2.27. The molecule has 0 amide bonds. The Morgan fingerprint density at radius 2 is 1.95 bits per heavy atom. The molecule has 0 radical (unpaired) electrons. The van der Waals surface area contributed by atoms with Gasteiger partial charge >= 0.3 is 0 Å². The number of benzene rings is 1. The van der Waals surface area contributed by atoms with E-state index < -0.39 is 0 Å². The van der Waals surface area contributed by atoms with E-state index in [1.165, 1.54) is 6.07 Å². The van der Waals surface area contributed by atoms with Gasteiger partial charge in [0.1, 0.15) is 11.6 Å². The number of Topliss-reactive ketones (excluding diaryl/α,β-unsaturated/α-hetero) is 1. The van der Waals surface area contributed by atoms with Gasteiger partial charge in [-0.05, 0) is 43.7 Å². The van der Waals surface area contributed by atoms with E-state index in [0.717, 1.165) is 22.6 Å². The van der Waals surface area contributed by atoms with Crippen LogP contribution in [-0.2, 0) is 6.54 Å². The predicted octanol–water partition coefficient (Wildman–Crippen LogP) is 3.19. The van der Waals surface area contributed by atoms with Crippen molar-refractivity contribution in [1.82, 2.24) is 9.55 Å². The molecular formula is C17H16N2O2. The molecule has 106 valence electrons. The van der Waals surface area contributed by atoms with Crippen molar-refractivity contribution >= 4 is 5.78 Å². The van der Waals surface area contributed by atoms with Crippen LogP contribution in [0.25, 0.3) is 11.4 Å². The third-order valence-electron chi connectivity index (χ3n) is 3.78. The highest BCUT2D eigenvalue weighted by atomic mass is 16.3. The lowest BCUT2D eigenvalue weighted by Crippen LogP contribution is -2.13. The fourth-order valence-corrected chi connectivity index (χ4v) is 2.47. The summed E-state index contributed by atoms with van der Waals surface area (Å²) in [7, 11) is 0. The van der Waals surface area contributed by atoms with Crippen LogP contribution < -0.4 is 0 Å². The molecule has 0 spiro atoms. The lowest BCUT2D eigenvalue weighted by Gasteiger charge is -2.11. The summed E-state index contributed by atoms with van der Waals surface area (Å²) in [6, 6.07) is 10.5. The zero-order valence-corrected chi connectivity index (χ0v) is 12.0. The normalized spacial score (nSPS) is 11.0. The van der Waals surface area contributed by atoms with Gasteiger partial charge in [-0.2, -0.15) is 0 Å². The number of hydrogen-bond acceptors (Lipinski definition) is 3. The molecule has 0 saturated carbocycles. The molecule has 0 saturated heterocycles. The number of rotatable bonds is 3. The second-order valence-electron chi connectivity index (χ2n) is 5.14. The number of nitrogens with zero attached hydrogens (tertiary/aromatic N) is 2. The number of aromatic nitrogens is 2. The number of phenols is 1. The van der Waals surface area contributed by atoms with Crippen LogP contribution in [-0.4, -0.2) is 20.4 Å². The van der Waals surface area contributed by atoms with Crippen LogP contribution in [0.4, 0.5) is 0 Å². The molecular weight excluding hydrogens is 264 g/mol. The number of pyridine rings is 1. The summed E-state index contributed by atoms with van der Waals surface area (Å²) in [5.74, 6) is 0.679. The van der Waals surface area contributed by atoms with Gasteiger partial charge in [0, 0.05) is 17.5 Å². The Kier molecular flexibility index (Phi) is 3.22. The quantitative estimate of drug-likeness (QED) is 0.750. The Bertz CT molecular complexity index is 789. The van der Waals surface area contributed by atoms with Crippen LogP contribution >= 0.6 is 0 Å². The minimum Gasteiger partial charge on any atom is -0.507 e. The Morgan fingerprint density at radius 3 is 2.71 bits per heavy atom. The average molecular weight is 280 g/mol. The molecule has 0 unspecified atom stereocenters. The van der Waals surface area contributed by atoms with Crippen molar-refractivity contribution in [3.8, 4) is 17.1 Å². The summed E-state index contributed by atoms with van der Waals surface area (Å²) in [6.45, 7) is 4.15. The molecule has 4 heteroatoms. The first kappa shape index (κ1) is 13.4. The van der Waals surface area contributed by atoms with Crippen molar-refractivity contribution < 1.29 is 9.90 Å². The lowest BCUT2D eigenvalue weighted by molar-refractivity contribution is 0.0969. The first-order chi connectivity index (χ1) is 10.1. The summed E-state index contributed by atoms with van der Waals surface area (Å²) in [6.07, 6.45) is 1.84. The second kappa shape index (κ2) is 5.05. The molecule has 0 aromatic heterocycles. The summed E-state index contributed by atoms with van der Waals surface area (Å²) in [4.78, 5) is 16.9. The zero-order valence-electron chi connectivity index (χ0n) is 12.0. The Balaban J connectivity index is 1.97. The van der Waals surface area contributed by atoms with Gasteiger partial charge in [-0.3, -0.25) is 4.79 Å². The molecule has 2 aliphatic heterocycles. The molecule has 21 heavy (non-hydrogen) atoms. The Hall–Kier alpha value is -2.62.